The van der Waals surface area contributed by atoms with Crippen LogP contribution in [0.1, 0.15) is 19.2 Å². The number of rotatable bonds is 5. The van der Waals surface area contributed by atoms with Crippen molar-refractivity contribution >= 4 is 7.12 Å². The van der Waals surface area contributed by atoms with Crippen LogP contribution in [0, 0.1) is 0 Å². The summed E-state index contributed by atoms with van der Waals surface area (Å²) in [7, 11) is -1.37. The number of imidazole rings is 1. The largest absolute Gasteiger partial charge is 0.480 e. The smallest absolute Gasteiger partial charge is 0.424 e. The summed E-state index contributed by atoms with van der Waals surface area (Å²) in [4.78, 5) is 4.18. The molecule has 5 heteroatoms. The molecule has 0 aromatic carbocycles. The molecule has 0 atom stereocenters. The predicted molar refractivity (Wildman–Crippen MR) is 55.6 cm³/mol. The fraction of sp³-hybridized carbons (Fsp3) is 0.444. The molecule has 0 saturated carbocycles. The highest BCUT2D eigenvalue weighted by Gasteiger charge is 2.01. The van der Waals surface area contributed by atoms with E-state index < -0.39 is 7.12 Å². The Kier molecular flexibility index (Phi) is 4.42. The minimum Gasteiger partial charge on any atom is -0.424 e. The van der Waals surface area contributed by atoms with Crippen molar-refractivity contribution in [1.82, 2.24) is 9.55 Å². The molecule has 0 fully saturated rings. The number of aryl methyl sites for hydroxylation is 1. The zero-order valence-electron chi connectivity index (χ0n) is 8.30. The van der Waals surface area contributed by atoms with Gasteiger partial charge in [-0.1, -0.05) is 19.0 Å². The molecule has 1 aromatic heterocycles. The van der Waals surface area contributed by atoms with Crippen LogP contribution < -0.4 is 0 Å². The molecule has 4 nitrogen and oxygen atoms in total. The number of allylic oxidation sites excluding steroid dienone is 1. The standard InChI is InChI=1S/C9H15BN2O2/c1-2-7-12-8-6-11-9(12)4-3-5-10(13)14/h3,5-6,8,13-14H,2,4,7H2,1H3/b5-3+. The lowest BCUT2D eigenvalue weighted by molar-refractivity contribution is 0.424. The Bertz CT molecular complexity index is 297. The Morgan fingerprint density at radius 2 is 2.36 bits per heavy atom. The van der Waals surface area contributed by atoms with Gasteiger partial charge in [-0.15, -0.1) is 0 Å². The molecular weight excluding hydrogens is 179 g/mol. The second-order valence-corrected chi connectivity index (χ2v) is 3.08. The lowest BCUT2D eigenvalue weighted by Crippen LogP contribution is -2.06. The van der Waals surface area contributed by atoms with Crippen LogP contribution in [-0.2, 0) is 13.0 Å². The summed E-state index contributed by atoms with van der Waals surface area (Å²) in [5.74, 6) is 2.29. The van der Waals surface area contributed by atoms with Gasteiger partial charge < -0.3 is 14.6 Å². The van der Waals surface area contributed by atoms with Crippen LogP contribution in [0.5, 0.6) is 0 Å². The fourth-order valence-corrected chi connectivity index (χ4v) is 1.27. The summed E-state index contributed by atoms with van der Waals surface area (Å²) < 4.78 is 2.06. The molecule has 2 N–H and O–H groups in total. The van der Waals surface area contributed by atoms with E-state index in [9.17, 15) is 0 Å². The zero-order chi connectivity index (χ0) is 10.4. The monoisotopic (exact) mass is 194 g/mol. The maximum atomic E-state index is 8.60. The molecule has 76 valence electrons. The normalized spacial score (nSPS) is 11.1. The van der Waals surface area contributed by atoms with Crippen molar-refractivity contribution in [2.75, 3.05) is 0 Å². The van der Waals surface area contributed by atoms with E-state index in [2.05, 4.69) is 16.5 Å². The van der Waals surface area contributed by atoms with Crippen molar-refractivity contribution in [3.63, 3.8) is 0 Å². The van der Waals surface area contributed by atoms with Crippen LogP contribution in [0.2, 0.25) is 0 Å². The second-order valence-electron chi connectivity index (χ2n) is 3.08. The molecule has 0 aliphatic carbocycles. The van der Waals surface area contributed by atoms with Crippen LogP contribution >= 0.6 is 0 Å². The SMILES string of the molecule is CCCn1ccnc1C/C=C/B(O)O. The molecule has 0 spiro atoms. The van der Waals surface area contributed by atoms with Gasteiger partial charge in [0.1, 0.15) is 5.82 Å². The number of hydrogen-bond donors (Lipinski definition) is 2. The van der Waals surface area contributed by atoms with Crippen molar-refractivity contribution in [3.8, 4) is 0 Å². The Hall–Kier alpha value is -1.07. The second kappa shape index (κ2) is 5.62. The van der Waals surface area contributed by atoms with E-state index in [4.69, 9.17) is 10.0 Å². The van der Waals surface area contributed by atoms with Gasteiger partial charge in [-0.25, -0.2) is 4.98 Å². The average molecular weight is 194 g/mol. The number of hydrogen-bond acceptors (Lipinski definition) is 3. The van der Waals surface area contributed by atoms with E-state index in [0.29, 0.717) is 6.42 Å². The first-order chi connectivity index (χ1) is 6.74. The predicted octanol–water partition coefficient (Wildman–Crippen LogP) is 0.404. The summed E-state index contributed by atoms with van der Waals surface area (Å²) in [5, 5.41) is 17.2. The highest BCUT2D eigenvalue weighted by molar-refractivity contribution is 6.47. The van der Waals surface area contributed by atoms with Crippen molar-refractivity contribution in [3.05, 3.63) is 30.3 Å². The minimum atomic E-state index is -1.37. The summed E-state index contributed by atoms with van der Waals surface area (Å²) in [6, 6.07) is 0. The molecule has 1 heterocycles. The van der Waals surface area contributed by atoms with Crippen molar-refractivity contribution in [2.45, 2.75) is 26.3 Å². The molecule has 1 aromatic rings. The van der Waals surface area contributed by atoms with Gasteiger partial charge >= 0.3 is 7.12 Å². The maximum Gasteiger partial charge on any atom is 0.480 e. The molecule has 1 rings (SSSR count). The number of nitrogens with zero attached hydrogens (tertiary/aromatic N) is 2. The molecule has 0 amide bonds. The van der Waals surface area contributed by atoms with Gasteiger partial charge in [-0.3, -0.25) is 0 Å². The van der Waals surface area contributed by atoms with Crippen molar-refractivity contribution in [2.24, 2.45) is 0 Å². The lowest BCUT2D eigenvalue weighted by atomic mass is 9.91. The first-order valence-electron chi connectivity index (χ1n) is 4.77. The quantitative estimate of drug-likeness (QED) is 0.667. The van der Waals surface area contributed by atoms with Crippen LogP contribution in [0.25, 0.3) is 0 Å². The third-order valence-corrected chi connectivity index (χ3v) is 1.87. The van der Waals surface area contributed by atoms with Crippen LogP contribution in [0.15, 0.2) is 24.4 Å². The van der Waals surface area contributed by atoms with Gasteiger partial charge in [0, 0.05) is 25.4 Å². The van der Waals surface area contributed by atoms with Gasteiger partial charge in [0.25, 0.3) is 0 Å². The Morgan fingerprint density at radius 3 is 3.00 bits per heavy atom. The van der Waals surface area contributed by atoms with E-state index in [1.165, 1.54) is 5.98 Å². The summed E-state index contributed by atoms with van der Waals surface area (Å²) in [6.45, 7) is 3.06. The third-order valence-electron chi connectivity index (χ3n) is 1.87. The molecule has 0 saturated heterocycles. The zero-order valence-corrected chi connectivity index (χ0v) is 8.30. The average Bonchev–Trinajstić information content (AvgIpc) is 2.53. The molecule has 0 radical (unpaired) electrons. The Labute approximate surface area is 84.1 Å². The van der Waals surface area contributed by atoms with Crippen molar-refractivity contribution in [1.29, 1.82) is 0 Å². The molecule has 0 aliphatic rings. The first-order valence-corrected chi connectivity index (χ1v) is 4.77. The van der Waals surface area contributed by atoms with Gasteiger partial charge in [0.15, 0.2) is 0 Å². The van der Waals surface area contributed by atoms with Gasteiger partial charge in [0.05, 0.1) is 0 Å². The topological polar surface area (TPSA) is 58.3 Å². The van der Waals surface area contributed by atoms with Gasteiger partial charge in [-0.05, 0) is 6.42 Å². The van der Waals surface area contributed by atoms with E-state index >= 15 is 0 Å². The van der Waals surface area contributed by atoms with Gasteiger partial charge in [0.2, 0.25) is 0 Å². The summed E-state index contributed by atoms with van der Waals surface area (Å²) >= 11 is 0. The highest BCUT2D eigenvalue weighted by atomic mass is 16.4. The van der Waals surface area contributed by atoms with Crippen LogP contribution in [0.3, 0.4) is 0 Å². The molecule has 14 heavy (non-hydrogen) atoms. The summed E-state index contributed by atoms with van der Waals surface area (Å²) in [6.07, 6.45) is 7.09. The summed E-state index contributed by atoms with van der Waals surface area (Å²) in [5.41, 5.74) is 0. The molecule has 0 aliphatic heterocycles. The van der Waals surface area contributed by atoms with Gasteiger partial charge in [-0.2, -0.15) is 0 Å². The highest BCUT2D eigenvalue weighted by Crippen LogP contribution is 2.01. The van der Waals surface area contributed by atoms with Crippen LogP contribution in [0.4, 0.5) is 0 Å². The molecular formula is C9H15BN2O2. The molecule has 0 bridgehead atoms. The fourth-order valence-electron chi connectivity index (χ4n) is 1.27. The van der Waals surface area contributed by atoms with E-state index in [1.54, 1.807) is 12.3 Å². The maximum absolute atomic E-state index is 8.60. The first kappa shape index (κ1) is 11.0. The third kappa shape index (κ3) is 3.36. The lowest BCUT2D eigenvalue weighted by Gasteiger charge is -2.03. The van der Waals surface area contributed by atoms with E-state index in [1.807, 2.05) is 6.20 Å². The van der Waals surface area contributed by atoms with E-state index in [-0.39, 0.29) is 0 Å². The minimum absolute atomic E-state index is 0.630. The van der Waals surface area contributed by atoms with Crippen LogP contribution in [-0.4, -0.2) is 26.7 Å². The van der Waals surface area contributed by atoms with E-state index in [0.717, 1.165) is 18.8 Å². The molecule has 0 unspecified atom stereocenters. The Balaban J connectivity index is 2.53. The Morgan fingerprint density at radius 1 is 1.57 bits per heavy atom. The van der Waals surface area contributed by atoms with Crippen molar-refractivity contribution < 1.29 is 10.0 Å². The number of aromatic nitrogens is 2.